The fourth-order valence-electron chi connectivity index (χ4n) is 5.32. The zero-order valence-corrected chi connectivity index (χ0v) is 20.5. The van der Waals surface area contributed by atoms with Crippen molar-refractivity contribution < 1.29 is 9.59 Å². The largest absolute Gasteiger partial charge is 0.341 e. The second kappa shape index (κ2) is 9.95. The van der Waals surface area contributed by atoms with Gasteiger partial charge in [-0.25, -0.2) is 0 Å². The van der Waals surface area contributed by atoms with Crippen molar-refractivity contribution in [2.75, 3.05) is 23.3 Å². The molecule has 1 heterocycles. The molecule has 35 heavy (non-hydrogen) atoms. The molecule has 3 aromatic carbocycles. The highest BCUT2D eigenvalue weighted by molar-refractivity contribution is 5.97. The maximum Gasteiger partial charge on any atom is 0.229 e. The lowest BCUT2D eigenvalue weighted by molar-refractivity contribution is -0.129. The standard InChI is InChI=1S/C30H33N3O2/c1-21(2)19-32(26-10-4-3-5-11-26)27-14-12-25(13-15-27)31-30(35)24-18-29(34)33(20-24)28-16-22-8-6-7-9-23(22)17-28/h3-15,21,24,28H,16-20H2,1-2H3,(H,31,35). The predicted molar refractivity (Wildman–Crippen MR) is 141 cm³/mol. The molecule has 5 heteroatoms. The quantitative estimate of drug-likeness (QED) is 0.504. The van der Waals surface area contributed by atoms with Gasteiger partial charge in [-0.15, -0.1) is 0 Å². The van der Waals surface area contributed by atoms with Crippen molar-refractivity contribution in [3.63, 3.8) is 0 Å². The Bertz CT molecular complexity index is 1160. The molecule has 0 bridgehead atoms. The Morgan fingerprint density at radius 3 is 2.11 bits per heavy atom. The minimum absolute atomic E-state index is 0.0776. The second-order valence-electron chi connectivity index (χ2n) is 10.2. The highest BCUT2D eigenvalue weighted by atomic mass is 16.2. The Morgan fingerprint density at radius 2 is 1.49 bits per heavy atom. The number of fused-ring (bicyclic) bond motifs is 1. The molecule has 1 fully saturated rings. The third-order valence-corrected chi connectivity index (χ3v) is 7.06. The van der Waals surface area contributed by atoms with Crippen LogP contribution < -0.4 is 10.2 Å². The van der Waals surface area contributed by atoms with Gasteiger partial charge in [0, 0.05) is 42.6 Å². The molecule has 2 amide bonds. The van der Waals surface area contributed by atoms with Gasteiger partial charge < -0.3 is 15.1 Å². The Balaban J connectivity index is 1.22. The molecule has 1 unspecified atom stereocenters. The number of benzene rings is 3. The molecule has 5 nitrogen and oxygen atoms in total. The number of carbonyl (C=O) groups excluding carboxylic acids is 2. The Labute approximate surface area is 207 Å². The van der Waals surface area contributed by atoms with E-state index in [0.717, 1.165) is 36.4 Å². The van der Waals surface area contributed by atoms with E-state index in [1.165, 1.54) is 11.1 Å². The van der Waals surface area contributed by atoms with Crippen molar-refractivity contribution in [3.05, 3.63) is 90.0 Å². The third kappa shape index (κ3) is 5.09. The first kappa shape index (κ1) is 23.2. The van der Waals surface area contributed by atoms with E-state index in [1.54, 1.807) is 0 Å². The van der Waals surface area contributed by atoms with Crippen LogP contribution in [0.5, 0.6) is 0 Å². The number of hydrogen-bond acceptors (Lipinski definition) is 3. The Hall–Kier alpha value is -3.60. The third-order valence-electron chi connectivity index (χ3n) is 7.06. The van der Waals surface area contributed by atoms with Crippen LogP contribution in [0.3, 0.4) is 0 Å². The van der Waals surface area contributed by atoms with E-state index < -0.39 is 0 Å². The van der Waals surface area contributed by atoms with Gasteiger partial charge in [-0.3, -0.25) is 9.59 Å². The fraction of sp³-hybridized carbons (Fsp3) is 0.333. The summed E-state index contributed by atoms with van der Waals surface area (Å²) in [7, 11) is 0. The van der Waals surface area contributed by atoms with Crippen LogP contribution in [0.2, 0.25) is 0 Å². The molecule has 5 rings (SSSR count). The van der Waals surface area contributed by atoms with Gasteiger partial charge in [0.1, 0.15) is 0 Å². The predicted octanol–water partition coefficient (Wildman–Crippen LogP) is 5.44. The van der Waals surface area contributed by atoms with E-state index in [1.807, 2.05) is 47.4 Å². The van der Waals surface area contributed by atoms with Gasteiger partial charge in [-0.05, 0) is 66.3 Å². The van der Waals surface area contributed by atoms with Crippen molar-refractivity contribution in [1.29, 1.82) is 0 Å². The van der Waals surface area contributed by atoms with E-state index in [-0.39, 0.29) is 30.2 Å². The first-order valence-corrected chi connectivity index (χ1v) is 12.6. The number of carbonyl (C=O) groups is 2. The summed E-state index contributed by atoms with van der Waals surface area (Å²) in [6, 6.07) is 26.9. The monoisotopic (exact) mass is 467 g/mol. The molecule has 3 aromatic rings. The fourth-order valence-corrected chi connectivity index (χ4v) is 5.32. The molecule has 0 saturated carbocycles. The lowest BCUT2D eigenvalue weighted by atomic mass is 10.1. The second-order valence-corrected chi connectivity index (χ2v) is 10.2. The minimum atomic E-state index is -0.312. The smallest absolute Gasteiger partial charge is 0.229 e. The van der Waals surface area contributed by atoms with Crippen LogP contribution >= 0.6 is 0 Å². The topological polar surface area (TPSA) is 52.7 Å². The van der Waals surface area contributed by atoms with E-state index in [9.17, 15) is 9.59 Å². The van der Waals surface area contributed by atoms with Crippen LogP contribution in [-0.4, -0.2) is 35.8 Å². The number of nitrogens with one attached hydrogen (secondary N) is 1. The summed E-state index contributed by atoms with van der Waals surface area (Å²) in [5.74, 6) is 0.203. The van der Waals surface area contributed by atoms with Crippen molar-refractivity contribution in [3.8, 4) is 0 Å². The summed E-state index contributed by atoms with van der Waals surface area (Å²) in [5.41, 5.74) is 5.64. The summed E-state index contributed by atoms with van der Waals surface area (Å²) in [6.45, 7) is 5.82. The lowest BCUT2D eigenvalue weighted by Gasteiger charge is -2.27. The number of amides is 2. The van der Waals surface area contributed by atoms with Gasteiger partial charge in [0.25, 0.3) is 0 Å². The SMILES string of the molecule is CC(C)CN(c1ccccc1)c1ccc(NC(=O)C2CC(=O)N(C3Cc4ccccc4C3)C2)cc1. The summed E-state index contributed by atoms with van der Waals surface area (Å²) in [4.78, 5) is 30.0. The summed E-state index contributed by atoms with van der Waals surface area (Å²) in [6.07, 6.45) is 2.05. The normalized spacial score (nSPS) is 17.6. The minimum Gasteiger partial charge on any atom is -0.341 e. The lowest BCUT2D eigenvalue weighted by Crippen LogP contribution is -2.38. The zero-order valence-electron chi connectivity index (χ0n) is 20.5. The van der Waals surface area contributed by atoms with E-state index >= 15 is 0 Å². The number of anilines is 3. The molecular formula is C30H33N3O2. The molecule has 0 spiro atoms. The molecule has 0 radical (unpaired) electrons. The van der Waals surface area contributed by atoms with Gasteiger partial charge in [0.2, 0.25) is 11.8 Å². The average molecular weight is 468 g/mol. The highest BCUT2D eigenvalue weighted by Crippen LogP contribution is 2.31. The Morgan fingerprint density at radius 1 is 0.886 bits per heavy atom. The molecule has 1 saturated heterocycles. The number of nitrogens with zero attached hydrogens (tertiary/aromatic N) is 2. The van der Waals surface area contributed by atoms with Gasteiger partial charge in [-0.2, -0.15) is 0 Å². The first-order chi connectivity index (χ1) is 17.0. The molecule has 1 atom stereocenters. The van der Waals surface area contributed by atoms with Crippen LogP contribution in [0, 0.1) is 11.8 Å². The van der Waals surface area contributed by atoms with Crippen LogP contribution in [-0.2, 0) is 22.4 Å². The molecule has 1 N–H and O–H groups in total. The van der Waals surface area contributed by atoms with Gasteiger partial charge in [0.05, 0.1) is 5.92 Å². The van der Waals surface area contributed by atoms with Gasteiger partial charge >= 0.3 is 0 Å². The van der Waals surface area contributed by atoms with Gasteiger partial charge in [-0.1, -0.05) is 56.3 Å². The first-order valence-electron chi connectivity index (χ1n) is 12.6. The van der Waals surface area contributed by atoms with Crippen molar-refractivity contribution in [2.24, 2.45) is 11.8 Å². The number of rotatable bonds is 7. The number of para-hydroxylation sites is 1. The molecule has 2 aliphatic rings. The van der Waals surface area contributed by atoms with Crippen LogP contribution in [0.1, 0.15) is 31.4 Å². The summed E-state index contributed by atoms with van der Waals surface area (Å²) < 4.78 is 0. The summed E-state index contributed by atoms with van der Waals surface area (Å²) in [5, 5.41) is 3.04. The van der Waals surface area contributed by atoms with E-state index in [4.69, 9.17) is 0 Å². The van der Waals surface area contributed by atoms with Gasteiger partial charge in [0.15, 0.2) is 0 Å². The number of likely N-dealkylation sites (tertiary alicyclic amines) is 1. The molecular weight excluding hydrogens is 434 g/mol. The summed E-state index contributed by atoms with van der Waals surface area (Å²) >= 11 is 0. The molecule has 1 aliphatic heterocycles. The Kier molecular flexibility index (Phi) is 6.58. The number of hydrogen-bond donors (Lipinski definition) is 1. The van der Waals surface area contributed by atoms with E-state index in [0.29, 0.717) is 12.5 Å². The van der Waals surface area contributed by atoms with Crippen molar-refractivity contribution in [2.45, 2.75) is 39.2 Å². The van der Waals surface area contributed by atoms with Crippen LogP contribution in [0.15, 0.2) is 78.9 Å². The van der Waals surface area contributed by atoms with Crippen LogP contribution in [0.25, 0.3) is 0 Å². The zero-order chi connectivity index (χ0) is 24.4. The molecule has 1 aliphatic carbocycles. The maximum atomic E-state index is 13.0. The van der Waals surface area contributed by atoms with Crippen LogP contribution in [0.4, 0.5) is 17.1 Å². The van der Waals surface area contributed by atoms with Crippen molar-refractivity contribution in [1.82, 2.24) is 4.90 Å². The van der Waals surface area contributed by atoms with Crippen molar-refractivity contribution >= 4 is 28.9 Å². The van der Waals surface area contributed by atoms with E-state index in [2.05, 4.69) is 60.5 Å². The molecule has 0 aromatic heterocycles. The highest BCUT2D eigenvalue weighted by Gasteiger charge is 2.39. The average Bonchev–Trinajstić information content (AvgIpc) is 3.47. The maximum absolute atomic E-state index is 13.0. The molecule has 180 valence electrons.